The van der Waals surface area contributed by atoms with E-state index in [2.05, 4.69) is 25.7 Å². The van der Waals surface area contributed by atoms with Crippen LogP contribution in [0.5, 0.6) is 0 Å². The van der Waals surface area contributed by atoms with Crippen LogP contribution < -0.4 is 5.32 Å². The van der Waals surface area contributed by atoms with Gasteiger partial charge in [0.1, 0.15) is 0 Å². The Kier molecular flexibility index (Phi) is 9.24. The number of unbranched alkanes of at least 4 members (excludes halogenated alkanes) is 3. The maximum Gasteiger partial charge on any atom is 0.243 e. The van der Waals surface area contributed by atoms with Crippen LogP contribution in [0.2, 0.25) is 0 Å². The molecule has 2 heteroatoms. The summed E-state index contributed by atoms with van der Waals surface area (Å²) in [6.45, 7) is 8.68. The highest BCUT2D eigenvalue weighted by Crippen LogP contribution is 2.12. The lowest BCUT2D eigenvalue weighted by Crippen LogP contribution is -2.23. The maximum absolute atomic E-state index is 10.9. The zero-order valence-electron chi connectivity index (χ0n) is 10.2. The summed E-state index contributed by atoms with van der Waals surface area (Å²) < 4.78 is 0. The molecule has 0 saturated carbocycles. The van der Waals surface area contributed by atoms with Gasteiger partial charge in [0, 0.05) is 6.54 Å². The normalized spacial score (nSPS) is 12.1. The smallest absolute Gasteiger partial charge is 0.243 e. The van der Waals surface area contributed by atoms with Crippen molar-refractivity contribution < 1.29 is 4.79 Å². The van der Waals surface area contributed by atoms with Crippen molar-refractivity contribution in [3.8, 4) is 0 Å². The summed E-state index contributed by atoms with van der Waals surface area (Å²) >= 11 is 0. The predicted molar refractivity (Wildman–Crippen MR) is 65.7 cm³/mol. The largest absolute Gasteiger partial charge is 0.353 e. The third-order valence-corrected chi connectivity index (χ3v) is 2.67. The van der Waals surface area contributed by atoms with Crippen molar-refractivity contribution in [2.75, 3.05) is 6.54 Å². The van der Waals surface area contributed by atoms with Crippen LogP contribution >= 0.6 is 0 Å². The molecule has 0 aliphatic heterocycles. The average Bonchev–Trinajstić information content (AvgIpc) is 2.24. The van der Waals surface area contributed by atoms with E-state index in [1.165, 1.54) is 38.2 Å². The molecule has 1 N–H and O–H groups in total. The van der Waals surface area contributed by atoms with Crippen LogP contribution in [0.3, 0.4) is 0 Å². The van der Waals surface area contributed by atoms with Gasteiger partial charge >= 0.3 is 0 Å². The fraction of sp³-hybridized carbons (Fsp3) is 0.769. The first-order valence-electron chi connectivity index (χ1n) is 6.11. The molecule has 0 rings (SSSR count). The Hall–Kier alpha value is -0.790. The van der Waals surface area contributed by atoms with E-state index in [1.807, 2.05) is 0 Å². The first-order chi connectivity index (χ1) is 7.20. The van der Waals surface area contributed by atoms with E-state index in [0.29, 0.717) is 5.92 Å². The van der Waals surface area contributed by atoms with Gasteiger partial charge in [0.05, 0.1) is 0 Å². The lowest BCUT2D eigenvalue weighted by molar-refractivity contribution is -0.116. The molecule has 0 aromatic carbocycles. The van der Waals surface area contributed by atoms with E-state index < -0.39 is 0 Å². The molecule has 0 saturated heterocycles. The molecule has 0 unspecified atom stereocenters. The topological polar surface area (TPSA) is 29.1 Å². The molecule has 15 heavy (non-hydrogen) atoms. The SMILES string of the molecule is C=CC(=O)NCC[C@@H](C)CCCCCC. The molecule has 0 aromatic rings. The molecule has 0 bridgehead atoms. The highest BCUT2D eigenvalue weighted by molar-refractivity contribution is 5.86. The Labute approximate surface area is 94.1 Å². The first kappa shape index (κ1) is 14.2. The molecule has 0 radical (unpaired) electrons. The molecule has 0 aliphatic rings. The van der Waals surface area contributed by atoms with Gasteiger partial charge in [-0.3, -0.25) is 4.79 Å². The molecule has 0 heterocycles. The number of nitrogens with one attached hydrogen (secondary N) is 1. The minimum Gasteiger partial charge on any atom is -0.353 e. The van der Waals surface area contributed by atoms with Crippen molar-refractivity contribution in [1.82, 2.24) is 5.32 Å². The summed E-state index contributed by atoms with van der Waals surface area (Å²) in [4.78, 5) is 10.9. The Balaban J connectivity index is 3.29. The van der Waals surface area contributed by atoms with Crippen LogP contribution in [0.15, 0.2) is 12.7 Å². The maximum atomic E-state index is 10.9. The van der Waals surface area contributed by atoms with Crippen LogP contribution in [0.1, 0.15) is 52.4 Å². The van der Waals surface area contributed by atoms with Gasteiger partial charge in [-0.1, -0.05) is 52.5 Å². The fourth-order valence-electron chi connectivity index (χ4n) is 1.58. The quantitative estimate of drug-likeness (QED) is 0.460. The number of hydrogen-bond acceptors (Lipinski definition) is 1. The second-order valence-corrected chi connectivity index (χ2v) is 4.24. The van der Waals surface area contributed by atoms with E-state index in [9.17, 15) is 4.79 Å². The third-order valence-electron chi connectivity index (χ3n) is 2.67. The van der Waals surface area contributed by atoms with Gasteiger partial charge in [0.2, 0.25) is 5.91 Å². The average molecular weight is 211 g/mol. The summed E-state index contributed by atoms with van der Waals surface area (Å²) in [6, 6.07) is 0. The van der Waals surface area contributed by atoms with Crippen molar-refractivity contribution in [3.63, 3.8) is 0 Å². The molecule has 0 spiro atoms. The molecule has 0 aliphatic carbocycles. The second kappa shape index (κ2) is 9.75. The summed E-state index contributed by atoms with van der Waals surface area (Å²) in [5, 5.41) is 2.81. The molecule has 0 aromatic heterocycles. The Morgan fingerprint density at radius 1 is 1.33 bits per heavy atom. The zero-order chi connectivity index (χ0) is 11.5. The minimum atomic E-state index is -0.0619. The van der Waals surface area contributed by atoms with Gasteiger partial charge in [-0.15, -0.1) is 0 Å². The van der Waals surface area contributed by atoms with Crippen molar-refractivity contribution in [2.45, 2.75) is 52.4 Å². The first-order valence-corrected chi connectivity index (χ1v) is 6.11. The van der Waals surface area contributed by atoms with Crippen molar-refractivity contribution in [2.24, 2.45) is 5.92 Å². The van der Waals surface area contributed by atoms with Gasteiger partial charge in [0.25, 0.3) is 0 Å². The van der Waals surface area contributed by atoms with Gasteiger partial charge < -0.3 is 5.32 Å². The van der Waals surface area contributed by atoms with Crippen molar-refractivity contribution in [1.29, 1.82) is 0 Å². The second-order valence-electron chi connectivity index (χ2n) is 4.24. The summed E-state index contributed by atoms with van der Waals surface area (Å²) in [7, 11) is 0. The fourth-order valence-corrected chi connectivity index (χ4v) is 1.58. The Morgan fingerprint density at radius 3 is 2.67 bits per heavy atom. The van der Waals surface area contributed by atoms with E-state index in [-0.39, 0.29) is 5.91 Å². The van der Waals surface area contributed by atoms with Crippen LogP contribution in [-0.2, 0) is 4.79 Å². The Morgan fingerprint density at radius 2 is 2.07 bits per heavy atom. The number of carbonyl (C=O) groups is 1. The molecule has 2 nitrogen and oxygen atoms in total. The zero-order valence-corrected chi connectivity index (χ0v) is 10.2. The van der Waals surface area contributed by atoms with Gasteiger partial charge in [-0.05, 0) is 18.4 Å². The van der Waals surface area contributed by atoms with Crippen LogP contribution in [-0.4, -0.2) is 12.5 Å². The Bertz CT molecular complexity index is 177. The van der Waals surface area contributed by atoms with E-state index in [4.69, 9.17) is 0 Å². The molecule has 1 atom stereocenters. The number of rotatable bonds is 9. The summed E-state index contributed by atoms with van der Waals surface area (Å²) in [6.07, 6.45) is 9.00. The predicted octanol–water partition coefficient (Wildman–Crippen LogP) is 3.29. The molecule has 0 fully saturated rings. The van der Waals surface area contributed by atoms with Crippen LogP contribution in [0, 0.1) is 5.92 Å². The van der Waals surface area contributed by atoms with Crippen molar-refractivity contribution in [3.05, 3.63) is 12.7 Å². The van der Waals surface area contributed by atoms with Crippen LogP contribution in [0.25, 0.3) is 0 Å². The number of amides is 1. The number of carbonyl (C=O) groups excluding carboxylic acids is 1. The van der Waals surface area contributed by atoms with Crippen LogP contribution in [0.4, 0.5) is 0 Å². The summed E-state index contributed by atoms with van der Waals surface area (Å²) in [5.74, 6) is 0.653. The van der Waals surface area contributed by atoms with E-state index in [1.54, 1.807) is 0 Å². The number of hydrogen-bond donors (Lipinski definition) is 1. The van der Waals surface area contributed by atoms with E-state index in [0.717, 1.165) is 13.0 Å². The monoisotopic (exact) mass is 211 g/mol. The highest BCUT2D eigenvalue weighted by Gasteiger charge is 2.02. The minimum absolute atomic E-state index is 0.0619. The third kappa shape index (κ3) is 9.51. The molecular formula is C13H25NO. The van der Waals surface area contributed by atoms with Crippen molar-refractivity contribution >= 4 is 5.91 Å². The molecular weight excluding hydrogens is 186 g/mol. The van der Waals surface area contributed by atoms with E-state index >= 15 is 0 Å². The van der Waals surface area contributed by atoms with Gasteiger partial charge in [-0.25, -0.2) is 0 Å². The lowest BCUT2D eigenvalue weighted by Gasteiger charge is -2.10. The standard InChI is InChI=1S/C13H25NO/c1-4-6-7-8-9-12(3)10-11-14-13(15)5-2/h5,12H,2,4,6-11H2,1,3H3,(H,14,15)/t12-/m0/s1. The van der Waals surface area contributed by atoms with Gasteiger partial charge in [-0.2, -0.15) is 0 Å². The highest BCUT2D eigenvalue weighted by atomic mass is 16.1. The summed E-state index contributed by atoms with van der Waals surface area (Å²) in [5.41, 5.74) is 0. The van der Waals surface area contributed by atoms with Gasteiger partial charge in [0.15, 0.2) is 0 Å². The molecule has 1 amide bonds. The lowest BCUT2D eigenvalue weighted by atomic mass is 9.99. The molecule has 88 valence electrons.